The van der Waals surface area contributed by atoms with Crippen molar-refractivity contribution in [1.29, 1.82) is 0 Å². The second-order valence-corrected chi connectivity index (χ2v) is 3.26. The van der Waals surface area contributed by atoms with Crippen molar-refractivity contribution in [3.63, 3.8) is 0 Å². The first-order valence-electron chi connectivity index (χ1n) is 4.44. The fourth-order valence-electron chi connectivity index (χ4n) is 1.28. The maximum Gasteiger partial charge on any atom is 0.263 e. The Morgan fingerprint density at radius 2 is 2.13 bits per heavy atom. The number of aromatic nitrogens is 1. The van der Waals surface area contributed by atoms with E-state index in [1.54, 1.807) is 0 Å². The number of aliphatic hydroxyl groups is 1. The van der Waals surface area contributed by atoms with Gasteiger partial charge in [-0.2, -0.15) is 0 Å². The van der Waals surface area contributed by atoms with Crippen molar-refractivity contribution in [1.82, 2.24) is 4.98 Å². The number of halogens is 2. The average Bonchev–Trinajstić information content (AvgIpc) is 2.59. The molecule has 1 atom stereocenters. The van der Waals surface area contributed by atoms with Crippen LogP contribution in [0.4, 0.5) is 8.78 Å². The second kappa shape index (κ2) is 3.58. The van der Waals surface area contributed by atoms with Crippen molar-refractivity contribution in [3.05, 3.63) is 29.7 Å². The summed E-state index contributed by atoms with van der Waals surface area (Å²) < 4.78 is 29.9. The fourth-order valence-corrected chi connectivity index (χ4v) is 1.28. The number of hydrogen-bond acceptors (Lipinski definition) is 3. The number of hydrogen-bond donors (Lipinski definition) is 1. The molecule has 2 rings (SSSR count). The van der Waals surface area contributed by atoms with E-state index in [4.69, 9.17) is 4.42 Å². The first-order chi connectivity index (χ1) is 7.08. The molecule has 0 amide bonds. The van der Waals surface area contributed by atoms with E-state index in [9.17, 15) is 13.9 Å². The first kappa shape index (κ1) is 10.0. The third-order valence-corrected chi connectivity index (χ3v) is 2.04. The largest absolute Gasteiger partial charge is 0.438 e. The third-order valence-electron chi connectivity index (χ3n) is 2.04. The lowest BCUT2D eigenvalue weighted by Crippen LogP contribution is -1.89. The molecule has 2 aromatic rings. The Hall–Kier alpha value is -1.49. The molecule has 0 spiro atoms. The molecule has 1 unspecified atom stereocenters. The predicted octanol–water partition coefficient (Wildman–Crippen LogP) is 2.82. The summed E-state index contributed by atoms with van der Waals surface area (Å²) in [6.45, 7) is 1.50. The number of fused-ring (bicyclic) bond motifs is 1. The molecule has 1 heterocycles. The predicted molar refractivity (Wildman–Crippen MR) is 49.6 cm³/mol. The molecule has 0 aliphatic carbocycles. The van der Waals surface area contributed by atoms with Crippen LogP contribution >= 0.6 is 0 Å². The highest BCUT2D eigenvalue weighted by molar-refractivity contribution is 5.73. The molecule has 0 aliphatic heterocycles. The lowest BCUT2D eigenvalue weighted by molar-refractivity contribution is 0.151. The van der Waals surface area contributed by atoms with E-state index in [1.165, 1.54) is 25.1 Å². The fraction of sp³-hybridized carbons (Fsp3) is 0.300. The molecule has 1 aromatic heterocycles. The van der Waals surface area contributed by atoms with Gasteiger partial charge in [0.05, 0.1) is 0 Å². The molecule has 5 heteroatoms. The summed E-state index contributed by atoms with van der Waals surface area (Å²) in [6, 6.07) is 3.97. The minimum atomic E-state index is -2.53. The van der Waals surface area contributed by atoms with Gasteiger partial charge in [-0.1, -0.05) is 0 Å². The van der Waals surface area contributed by atoms with Gasteiger partial charge in [0.15, 0.2) is 5.58 Å². The summed E-state index contributed by atoms with van der Waals surface area (Å²) in [4.78, 5) is 3.91. The SMILES string of the molecule is CC(O)c1nc2cc(C(F)F)ccc2o1. The van der Waals surface area contributed by atoms with Crippen molar-refractivity contribution in [2.24, 2.45) is 0 Å². The van der Waals surface area contributed by atoms with Crippen molar-refractivity contribution < 1.29 is 18.3 Å². The Bertz CT molecular complexity index is 473. The monoisotopic (exact) mass is 213 g/mol. The van der Waals surface area contributed by atoms with Gasteiger partial charge in [0, 0.05) is 5.56 Å². The summed E-state index contributed by atoms with van der Waals surface area (Å²) in [5.74, 6) is 0.136. The Balaban J connectivity index is 2.52. The van der Waals surface area contributed by atoms with Crippen LogP contribution in [0.2, 0.25) is 0 Å². The summed E-state index contributed by atoms with van der Waals surface area (Å²) in [6.07, 6.45) is -3.37. The third kappa shape index (κ3) is 1.83. The van der Waals surface area contributed by atoms with Gasteiger partial charge >= 0.3 is 0 Å². The van der Waals surface area contributed by atoms with Crippen LogP contribution in [-0.4, -0.2) is 10.1 Å². The quantitative estimate of drug-likeness (QED) is 0.834. The van der Waals surface area contributed by atoms with Crippen molar-refractivity contribution in [3.8, 4) is 0 Å². The number of oxazole rings is 1. The van der Waals surface area contributed by atoms with E-state index in [1.807, 2.05) is 0 Å². The van der Waals surface area contributed by atoms with E-state index < -0.39 is 12.5 Å². The maximum atomic E-state index is 12.4. The molecular formula is C10H9F2NO2. The minimum Gasteiger partial charge on any atom is -0.438 e. The van der Waals surface area contributed by atoms with Crippen LogP contribution in [-0.2, 0) is 0 Å². The zero-order valence-corrected chi connectivity index (χ0v) is 7.95. The topological polar surface area (TPSA) is 46.3 Å². The van der Waals surface area contributed by atoms with Crippen molar-refractivity contribution in [2.45, 2.75) is 19.5 Å². The average molecular weight is 213 g/mol. The van der Waals surface area contributed by atoms with Gasteiger partial charge in [-0.3, -0.25) is 0 Å². The molecule has 0 bridgehead atoms. The number of rotatable bonds is 2. The van der Waals surface area contributed by atoms with Crippen molar-refractivity contribution in [2.75, 3.05) is 0 Å². The van der Waals surface area contributed by atoms with E-state index in [-0.39, 0.29) is 11.5 Å². The molecule has 0 aliphatic rings. The summed E-state index contributed by atoms with van der Waals surface area (Å²) >= 11 is 0. The van der Waals surface area contributed by atoms with Gasteiger partial charge in [-0.25, -0.2) is 13.8 Å². The molecule has 80 valence electrons. The highest BCUT2D eigenvalue weighted by Gasteiger charge is 2.13. The van der Waals surface area contributed by atoms with Gasteiger partial charge in [-0.05, 0) is 25.1 Å². The van der Waals surface area contributed by atoms with Gasteiger partial charge < -0.3 is 9.52 Å². The molecule has 15 heavy (non-hydrogen) atoms. The van der Waals surface area contributed by atoms with Gasteiger partial charge in [0.1, 0.15) is 11.6 Å². The van der Waals surface area contributed by atoms with Crippen LogP contribution in [0.25, 0.3) is 11.1 Å². The first-order valence-corrected chi connectivity index (χ1v) is 4.44. The molecular weight excluding hydrogens is 204 g/mol. The second-order valence-electron chi connectivity index (χ2n) is 3.26. The van der Waals surface area contributed by atoms with Gasteiger partial charge in [-0.15, -0.1) is 0 Å². The van der Waals surface area contributed by atoms with Crippen LogP contribution in [0.3, 0.4) is 0 Å². The standard InChI is InChI=1S/C10H9F2NO2/c1-5(14)10-13-7-4-6(9(11)12)2-3-8(7)15-10/h2-5,9,14H,1H3. The highest BCUT2D eigenvalue weighted by atomic mass is 19.3. The van der Waals surface area contributed by atoms with Crippen molar-refractivity contribution >= 4 is 11.1 Å². The number of aliphatic hydroxyl groups excluding tert-OH is 1. The lowest BCUT2D eigenvalue weighted by Gasteiger charge is -1.96. The molecule has 0 fully saturated rings. The number of benzene rings is 1. The van der Waals surface area contributed by atoms with Crippen LogP contribution in [0, 0.1) is 0 Å². The Labute approximate surface area is 84.3 Å². The normalized spacial score (nSPS) is 13.7. The molecule has 1 aromatic carbocycles. The highest BCUT2D eigenvalue weighted by Crippen LogP contribution is 2.25. The molecule has 0 radical (unpaired) electrons. The summed E-state index contributed by atoms with van der Waals surface area (Å²) in [5.41, 5.74) is 0.631. The lowest BCUT2D eigenvalue weighted by atomic mass is 10.2. The van der Waals surface area contributed by atoms with E-state index in [0.29, 0.717) is 11.1 Å². The van der Waals surface area contributed by atoms with Crippen LogP contribution in [0.15, 0.2) is 22.6 Å². The summed E-state index contributed by atoms with van der Waals surface area (Å²) in [7, 11) is 0. The number of alkyl halides is 2. The minimum absolute atomic E-state index is 0.104. The zero-order valence-electron chi connectivity index (χ0n) is 7.95. The maximum absolute atomic E-state index is 12.4. The van der Waals surface area contributed by atoms with Crippen LogP contribution in [0.1, 0.15) is 30.9 Å². The van der Waals surface area contributed by atoms with Gasteiger partial charge in [0.25, 0.3) is 6.43 Å². The van der Waals surface area contributed by atoms with Crippen LogP contribution < -0.4 is 0 Å². The van der Waals surface area contributed by atoms with E-state index in [0.717, 1.165) is 0 Å². The molecule has 1 N–H and O–H groups in total. The summed E-state index contributed by atoms with van der Waals surface area (Å²) in [5, 5.41) is 9.20. The zero-order chi connectivity index (χ0) is 11.0. The molecule has 0 saturated carbocycles. The van der Waals surface area contributed by atoms with E-state index in [2.05, 4.69) is 4.98 Å². The number of nitrogens with zero attached hydrogens (tertiary/aromatic N) is 1. The van der Waals surface area contributed by atoms with E-state index >= 15 is 0 Å². The molecule has 0 saturated heterocycles. The Morgan fingerprint density at radius 3 is 2.73 bits per heavy atom. The molecule has 3 nitrogen and oxygen atoms in total. The van der Waals surface area contributed by atoms with Gasteiger partial charge in [0.2, 0.25) is 5.89 Å². The van der Waals surface area contributed by atoms with Crippen LogP contribution in [0.5, 0.6) is 0 Å². The Kier molecular flexibility index (Phi) is 2.40. The smallest absolute Gasteiger partial charge is 0.263 e. The Morgan fingerprint density at radius 1 is 1.40 bits per heavy atom.